The van der Waals surface area contributed by atoms with Gasteiger partial charge in [0.05, 0.1) is 18.8 Å². The molecule has 0 aliphatic rings. The van der Waals surface area contributed by atoms with Crippen LogP contribution in [0.25, 0.3) is 0 Å². The second kappa shape index (κ2) is 5.12. The fraction of sp³-hybridized carbons (Fsp3) is 0.700. The average Bonchev–Trinajstić information content (AvgIpc) is 2.49. The maximum absolute atomic E-state index is 9.04. The Kier molecular flexibility index (Phi) is 4.10. The Morgan fingerprint density at radius 2 is 2.29 bits per heavy atom. The molecule has 2 unspecified atom stereocenters. The molecule has 4 nitrogen and oxygen atoms in total. The van der Waals surface area contributed by atoms with Crippen molar-refractivity contribution >= 4 is 0 Å². The predicted octanol–water partition coefficient (Wildman–Crippen LogP) is 0.977. The van der Waals surface area contributed by atoms with Gasteiger partial charge in [-0.05, 0) is 20.8 Å². The van der Waals surface area contributed by atoms with Gasteiger partial charge in [0.1, 0.15) is 5.82 Å². The average molecular weight is 198 g/mol. The lowest BCUT2D eigenvalue weighted by molar-refractivity contribution is -0.00156. The third-order valence-electron chi connectivity index (χ3n) is 2.00. The number of aryl methyl sites for hydroxylation is 1. The van der Waals surface area contributed by atoms with Crippen LogP contribution in [0.2, 0.25) is 0 Å². The minimum Gasteiger partial charge on any atom is -0.391 e. The number of nitrogens with zero attached hydrogens (tertiary/aromatic N) is 2. The molecule has 1 N–H and O–H groups in total. The fourth-order valence-electron chi connectivity index (χ4n) is 1.23. The van der Waals surface area contributed by atoms with E-state index in [1.54, 1.807) is 13.1 Å². The summed E-state index contributed by atoms with van der Waals surface area (Å²) in [5.41, 5.74) is 0. The largest absolute Gasteiger partial charge is 0.391 e. The van der Waals surface area contributed by atoms with Crippen molar-refractivity contribution in [2.45, 2.75) is 39.5 Å². The van der Waals surface area contributed by atoms with Gasteiger partial charge in [-0.3, -0.25) is 0 Å². The molecule has 0 saturated carbocycles. The molecule has 0 bridgehead atoms. The van der Waals surface area contributed by atoms with Gasteiger partial charge in [-0.15, -0.1) is 0 Å². The van der Waals surface area contributed by atoms with Crippen molar-refractivity contribution < 1.29 is 9.84 Å². The van der Waals surface area contributed by atoms with Gasteiger partial charge >= 0.3 is 0 Å². The number of aliphatic hydroxyl groups excluding tert-OH is 1. The van der Waals surface area contributed by atoms with Crippen molar-refractivity contribution in [3.63, 3.8) is 0 Å². The summed E-state index contributed by atoms with van der Waals surface area (Å²) < 4.78 is 7.47. The lowest BCUT2D eigenvalue weighted by Gasteiger charge is -2.15. The molecule has 0 fully saturated rings. The predicted molar refractivity (Wildman–Crippen MR) is 54.1 cm³/mol. The van der Waals surface area contributed by atoms with E-state index in [4.69, 9.17) is 9.84 Å². The van der Waals surface area contributed by atoms with Gasteiger partial charge in [-0.2, -0.15) is 0 Å². The van der Waals surface area contributed by atoms with Gasteiger partial charge in [-0.25, -0.2) is 4.98 Å². The summed E-state index contributed by atoms with van der Waals surface area (Å²) in [6.07, 6.45) is 3.40. The molecule has 0 aromatic carbocycles. The van der Waals surface area contributed by atoms with Gasteiger partial charge in [0.15, 0.2) is 0 Å². The highest BCUT2D eigenvalue weighted by Gasteiger charge is 2.06. The van der Waals surface area contributed by atoms with E-state index in [0.29, 0.717) is 6.61 Å². The third kappa shape index (κ3) is 3.47. The van der Waals surface area contributed by atoms with E-state index >= 15 is 0 Å². The lowest BCUT2D eigenvalue weighted by Crippen LogP contribution is -2.21. The number of imidazole rings is 1. The third-order valence-corrected chi connectivity index (χ3v) is 2.00. The smallest absolute Gasteiger partial charge is 0.105 e. The zero-order valence-electron chi connectivity index (χ0n) is 8.97. The topological polar surface area (TPSA) is 47.3 Å². The molecule has 1 aromatic rings. The molecular weight excluding hydrogens is 180 g/mol. The molecule has 0 amide bonds. The standard InChI is InChI=1S/C10H18N2O2/c1-8(13)7-14-9(2)6-12-5-4-11-10(12)3/h4-5,8-9,13H,6-7H2,1-3H3. The van der Waals surface area contributed by atoms with Crippen molar-refractivity contribution in [1.82, 2.24) is 9.55 Å². The second-order valence-corrected chi connectivity index (χ2v) is 3.62. The van der Waals surface area contributed by atoms with Gasteiger partial charge in [0.25, 0.3) is 0 Å². The monoisotopic (exact) mass is 198 g/mol. The molecular formula is C10H18N2O2. The number of hydrogen-bond acceptors (Lipinski definition) is 3. The van der Waals surface area contributed by atoms with Crippen molar-refractivity contribution in [3.8, 4) is 0 Å². The zero-order valence-corrected chi connectivity index (χ0v) is 8.97. The van der Waals surface area contributed by atoms with Crippen LogP contribution in [0.15, 0.2) is 12.4 Å². The van der Waals surface area contributed by atoms with E-state index in [-0.39, 0.29) is 6.10 Å². The van der Waals surface area contributed by atoms with Gasteiger partial charge in [-0.1, -0.05) is 0 Å². The Balaban J connectivity index is 2.34. The summed E-state index contributed by atoms with van der Waals surface area (Å²) in [6, 6.07) is 0. The molecule has 0 radical (unpaired) electrons. The van der Waals surface area contributed by atoms with Crippen LogP contribution in [0.4, 0.5) is 0 Å². The minimum atomic E-state index is -0.402. The number of aromatic nitrogens is 2. The van der Waals surface area contributed by atoms with E-state index in [1.807, 2.05) is 24.6 Å². The molecule has 1 aromatic heterocycles. The number of rotatable bonds is 5. The van der Waals surface area contributed by atoms with Crippen molar-refractivity contribution in [1.29, 1.82) is 0 Å². The van der Waals surface area contributed by atoms with Crippen molar-refractivity contribution in [2.75, 3.05) is 6.61 Å². The Hall–Kier alpha value is -0.870. The maximum Gasteiger partial charge on any atom is 0.105 e. The highest BCUT2D eigenvalue weighted by molar-refractivity contribution is 4.88. The Morgan fingerprint density at radius 3 is 2.79 bits per heavy atom. The highest BCUT2D eigenvalue weighted by Crippen LogP contribution is 2.01. The van der Waals surface area contributed by atoms with E-state index in [2.05, 4.69) is 4.98 Å². The van der Waals surface area contributed by atoms with Crippen LogP contribution >= 0.6 is 0 Å². The van der Waals surface area contributed by atoms with Crippen LogP contribution in [0.1, 0.15) is 19.7 Å². The van der Waals surface area contributed by atoms with Crippen LogP contribution in [0, 0.1) is 6.92 Å². The molecule has 1 heterocycles. The summed E-state index contributed by atoms with van der Waals surface area (Å²) in [6.45, 7) is 6.83. The molecule has 0 spiro atoms. The molecule has 0 aliphatic carbocycles. The SMILES string of the molecule is Cc1nccn1CC(C)OCC(C)O. The number of ether oxygens (including phenoxy) is 1. The molecule has 14 heavy (non-hydrogen) atoms. The molecule has 1 rings (SSSR count). The van der Waals surface area contributed by atoms with Crippen LogP contribution < -0.4 is 0 Å². The number of aliphatic hydroxyl groups is 1. The molecule has 4 heteroatoms. The highest BCUT2D eigenvalue weighted by atomic mass is 16.5. The second-order valence-electron chi connectivity index (χ2n) is 3.62. The summed E-state index contributed by atoms with van der Waals surface area (Å²) in [5, 5.41) is 9.04. The number of hydrogen-bond donors (Lipinski definition) is 1. The Morgan fingerprint density at radius 1 is 1.57 bits per heavy atom. The lowest BCUT2D eigenvalue weighted by atomic mass is 10.3. The van der Waals surface area contributed by atoms with Crippen LogP contribution in [0.5, 0.6) is 0 Å². The van der Waals surface area contributed by atoms with Crippen molar-refractivity contribution in [2.24, 2.45) is 0 Å². The first kappa shape index (κ1) is 11.2. The van der Waals surface area contributed by atoms with Gasteiger partial charge < -0.3 is 14.4 Å². The zero-order chi connectivity index (χ0) is 10.6. The summed E-state index contributed by atoms with van der Waals surface area (Å²) in [5.74, 6) is 0.984. The van der Waals surface area contributed by atoms with Crippen LogP contribution in [-0.4, -0.2) is 33.5 Å². The van der Waals surface area contributed by atoms with E-state index in [0.717, 1.165) is 12.4 Å². The minimum absolute atomic E-state index is 0.0949. The molecule has 80 valence electrons. The normalized spacial score (nSPS) is 15.4. The maximum atomic E-state index is 9.04. The van der Waals surface area contributed by atoms with Gasteiger partial charge in [0, 0.05) is 18.9 Å². The molecule has 0 aliphatic heterocycles. The van der Waals surface area contributed by atoms with E-state index in [9.17, 15) is 0 Å². The Bertz CT molecular complexity index is 271. The Labute approximate surface area is 84.5 Å². The van der Waals surface area contributed by atoms with Crippen molar-refractivity contribution in [3.05, 3.63) is 18.2 Å². The summed E-state index contributed by atoms with van der Waals surface area (Å²) in [4.78, 5) is 4.12. The first-order chi connectivity index (χ1) is 6.59. The summed E-state index contributed by atoms with van der Waals surface area (Å²) >= 11 is 0. The first-order valence-electron chi connectivity index (χ1n) is 4.87. The van der Waals surface area contributed by atoms with Gasteiger partial charge in [0.2, 0.25) is 0 Å². The fourth-order valence-corrected chi connectivity index (χ4v) is 1.23. The first-order valence-corrected chi connectivity index (χ1v) is 4.87. The van der Waals surface area contributed by atoms with E-state index in [1.165, 1.54) is 0 Å². The van der Waals surface area contributed by atoms with Crippen LogP contribution in [-0.2, 0) is 11.3 Å². The van der Waals surface area contributed by atoms with Crippen LogP contribution in [0.3, 0.4) is 0 Å². The molecule has 2 atom stereocenters. The summed E-state index contributed by atoms with van der Waals surface area (Å²) in [7, 11) is 0. The quantitative estimate of drug-likeness (QED) is 0.767. The van der Waals surface area contributed by atoms with E-state index < -0.39 is 6.10 Å². The molecule has 0 saturated heterocycles.